The number of carbonyl (C=O) groups excluding carboxylic acids is 1. The first-order valence-corrected chi connectivity index (χ1v) is 10.4. The van der Waals surface area contributed by atoms with Crippen LogP contribution in [0.25, 0.3) is 0 Å². The monoisotopic (exact) mass is 372 g/mol. The molecule has 148 valence electrons. The number of aryl methyl sites for hydroxylation is 1. The molecular formula is C22H32N2O3. The Balaban J connectivity index is 1.47. The van der Waals surface area contributed by atoms with E-state index in [1.165, 1.54) is 18.5 Å². The molecule has 4 rings (SSSR count). The van der Waals surface area contributed by atoms with Gasteiger partial charge in [-0.1, -0.05) is 12.8 Å². The third-order valence-electron chi connectivity index (χ3n) is 6.50. The predicted molar refractivity (Wildman–Crippen MR) is 106 cm³/mol. The molecule has 2 saturated heterocycles. The predicted octanol–water partition coefficient (Wildman–Crippen LogP) is 2.85. The van der Waals surface area contributed by atoms with Gasteiger partial charge in [-0.25, -0.2) is 0 Å². The Morgan fingerprint density at radius 1 is 1.26 bits per heavy atom. The number of nitrogens with zero attached hydrogens (tertiary/aromatic N) is 2. The molecule has 5 nitrogen and oxygen atoms in total. The summed E-state index contributed by atoms with van der Waals surface area (Å²) in [6, 6.07) is 6.08. The third-order valence-corrected chi connectivity index (χ3v) is 6.50. The zero-order chi connectivity index (χ0) is 18.9. The van der Waals surface area contributed by atoms with Gasteiger partial charge in [-0.2, -0.15) is 0 Å². The molecule has 1 aromatic rings. The smallest absolute Gasteiger partial charge is 0.253 e. The summed E-state index contributed by atoms with van der Waals surface area (Å²) >= 11 is 0. The van der Waals surface area contributed by atoms with Gasteiger partial charge in [0.05, 0.1) is 19.8 Å². The van der Waals surface area contributed by atoms with E-state index in [0.29, 0.717) is 6.54 Å². The minimum absolute atomic E-state index is 0.0855. The Kier molecular flexibility index (Phi) is 5.42. The van der Waals surface area contributed by atoms with Crippen molar-refractivity contribution in [1.29, 1.82) is 0 Å². The van der Waals surface area contributed by atoms with Gasteiger partial charge in [0.2, 0.25) is 0 Å². The van der Waals surface area contributed by atoms with Crippen LogP contribution in [0.5, 0.6) is 0 Å². The first-order chi connectivity index (χ1) is 13.1. The maximum atomic E-state index is 13.2. The maximum Gasteiger partial charge on any atom is 0.253 e. The highest BCUT2D eigenvalue weighted by Gasteiger charge is 2.41. The lowest BCUT2D eigenvalue weighted by atomic mass is 9.76. The molecule has 1 amide bonds. The standard InChI is InChI=1S/C22H32N2O3/c1-17-13-19(5-6-20(17)23-9-11-27-12-10-23)21(26)24-8-2-7-22(15-24,16-25)14-18-3-4-18/h5-6,13,18,25H,2-4,7-12,14-16H2,1H3/t22-/m1/s1. The number of carbonyl (C=O) groups is 1. The minimum Gasteiger partial charge on any atom is -0.396 e. The van der Waals surface area contributed by atoms with E-state index in [2.05, 4.69) is 17.9 Å². The van der Waals surface area contributed by atoms with Crippen molar-refractivity contribution >= 4 is 11.6 Å². The Labute approximate surface area is 162 Å². The average Bonchev–Trinajstić information content (AvgIpc) is 3.52. The molecule has 0 aromatic heterocycles. The van der Waals surface area contributed by atoms with Crippen molar-refractivity contribution in [3.05, 3.63) is 29.3 Å². The van der Waals surface area contributed by atoms with E-state index in [-0.39, 0.29) is 17.9 Å². The second-order valence-electron chi connectivity index (χ2n) is 8.74. The fourth-order valence-corrected chi connectivity index (χ4v) is 4.81. The summed E-state index contributed by atoms with van der Waals surface area (Å²) in [5.74, 6) is 0.877. The fourth-order valence-electron chi connectivity index (χ4n) is 4.81. The van der Waals surface area contributed by atoms with E-state index in [9.17, 15) is 9.90 Å². The van der Waals surface area contributed by atoms with E-state index >= 15 is 0 Å². The zero-order valence-corrected chi connectivity index (χ0v) is 16.5. The zero-order valence-electron chi connectivity index (χ0n) is 16.5. The molecule has 0 bridgehead atoms. The topological polar surface area (TPSA) is 53.0 Å². The number of likely N-dealkylation sites (tertiary alicyclic amines) is 1. The summed E-state index contributed by atoms with van der Waals surface area (Å²) in [5, 5.41) is 10.1. The molecule has 2 heterocycles. The Morgan fingerprint density at radius 2 is 2.04 bits per heavy atom. The molecular weight excluding hydrogens is 340 g/mol. The molecule has 5 heteroatoms. The number of hydrogen-bond donors (Lipinski definition) is 1. The van der Waals surface area contributed by atoms with E-state index in [1.807, 2.05) is 17.0 Å². The number of anilines is 1. The normalized spacial score (nSPS) is 26.3. The molecule has 3 fully saturated rings. The molecule has 1 aliphatic carbocycles. The number of aliphatic hydroxyl groups excluding tert-OH is 1. The van der Waals surface area contributed by atoms with Crippen molar-refractivity contribution in [2.45, 2.75) is 39.0 Å². The molecule has 0 radical (unpaired) electrons. The molecule has 0 spiro atoms. The van der Waals surface area contributed by atoms with Crippen molar-refractivity contribution in [3.63, 3.8) is 0 Å². The molecule has 2 aliphatic heterocycles. The highest BCUT2D eigenvalue weighted by molar-refractivity contribution is 5.95. The van der Waals surface area contributed by atoms with Crippen LogP contribution in [0.1, 0.15) is 48.0 Å². The van der Waals surface area contributed by atoms with Crippen LogP contribution >= 0.6 is 0 Å². The van der Waals surface area contributed by atoms with Gasteiger partial charge in [0.15, 0.2) is 0 Å². The van der Waals surface area contributed by atoms with Crippen LogP contribution in [0.2, 0.25) is 0 Å². The second kappa shape index (κ2) is 7.80. The van der Waals surface area contributed by atoms with Gasteiger partial charge in [-0.05, 0) is 55.9 Å². The van der Waals surface area contributed by atoms with Crippen molar-refractivity contribution in [1.82, 2.24) is 4.90 Å². The number of aliphatic hydroxyl groups is 1. The maximum absolute atomic E-state index is 13.2. The second-order valence-corrected chi connectivity index (χ2v) is 8.74. The number of ether oxygens (including phenoxy) is 1. The van der Waals surface area contributed by atoms with Gasteiger partial charge in [-0.15, -0.1) is 0 Å². The van der Waals surface area contributed by atoms with E-state index in [4.69, 9.17) is 4.74 Å². The summed E-state index contributed by atoms with van der Waals surface area (Å²) in [5.41, 5.74) is 3.03. The Hall–Kier alpha value is -1.59. The number of hydrogen-bond acceptors (Lipinski definition) is 4. The lowest BCUT2D eigenvalue weighted by Crippen LogP contribution is -2.48. The highest BCUT2D eigenvalue weighted by atomic mass is 16.5. The molecule has 27 heavy (non-hydrogen) atoms. The summed E-state index contributed by atoms with van der Waals surface area (Å²) in [6.45, 7) is 7.11. The molecule has 3 aliphatic rings. The van der Waals surface area contributed by atoms with Crippen LogP contribution in [0, 0.1) is 18.3 Å². The van der Waals surface area contributed by atoms with Gasteiger partial charge in [0, 0.05) is 42.8 Å². The Morgan fingerprint density at radius 3 is 2.70 bits per heavy atom. The summed E-state index contributed by atoms with van der Waals surface area (Å²) in [4.78, 5) is 17.5. The fraction of sp³-hybridized carbons (Fsp3) is 0.682. The molecule has 1 atom stereocenters. The number of rotatable bonds is 5. The SMILES string of the molecule is Cc1cc(C(=O)N2CCC[C@@](CO)(CC3CC3)C2)ccc1N1CCOCC1. The number of amides is 1. The first-order valence-electron chi connectivity index (χ1n) is 10.4. The lowest BCUT2D eigenvalue weighted by molar-refractivity contribution is 0.0196. The van der Waals surface area contributed by atoms with Gasteiger partial charge in [0.25, 0.3) is 5.91 Å². The minimum atomic E-state index is -0.0855. The van der Waals surface area contributed by atoms with Gasteiger partial charge in [0.1, 0.15) is 0 Å². The molecule has 0 unspecified atom stereocenters. The summed E-state index contributed by atoms with van der Waals surface area (Å²) in [6.07, 6.45) is 5.68. The Bertz CT molecular complexity index is 682. The van der Waals surface area contributed by atoms with Crippen LogP contribution in [0.15, 0.2) is 18.2 Å². The van der Waals surface area contributed by atoms with E-state index < -0.39 is 0 Å². The van der Waals surface area contributed by atoms with Crippen molar-refractivity contribution < 1.29 is 14.6 Å². The van der Waals surface area contributed by atoms with Crippen LogP contribution in [0.3, 0.4) is 0 Å². The van der Waals surface area contributed by atoms with Gasteiger partial charge >= 0.3 is 0 Å². The summed E-state index contributed by atoms with van der Waals surface area (Å²) in [7, 11) is 0. The lowest BCUT2D eigenvalue weighted by Gasteiger charge is -2.42. The number of benzene rings is 1. The van der Waals surface area contributed by atoms with Crippen molar-refractivity contribution in [3.8, 4) is 0 Å². The first kappa shape index (κ1) is 18.8. The van der Waals surface area contributed by atoms with Crippen LogP contribution in [-0.2, 0) is 4.74 Å². The van der Waals surface area contributed by atoms with Gasteiger partial charge < -0.3 is 19.6 Å². The quantitative estimate of drug-likeness (QED) is 0.864. The van der Waals surface area contributed by atoms with Crippen LogP contribution in [-0.4, -0.2) is 61.9 Å². The average molecular weight is 373 g/mol. The molecule has 1 N–H and O–H groups in total. The largest absolute Gasteiger partial charge is 0.396 e. The van der Waals surface area contributed by atoms with Crippen molar-refractivity contribution in [2.24, 2.45) is 11.3 Å². The molecule has 1 saturated carbocycles. The van der Waals surface area contributed by atoms with Crippen molar-refractivity contribution in [2.75, 3.05) is 50.9 Å². The highest BCUT2D eigenvalue weighted by Crippen LogP contribution is 2.44. The van der Waals surface area contributed by atoms with Gasteiger partial charge in [-0.3, -0.25) is 4.79 Å². The van der Waals surface area contributed by atoms with E-state index in [1.54, 1.807) is 0 Å². The third kappa shape index (κ3) is 4.14. The molecule has 1 aromatic carbocycles. The number of piperidine rings is 1. The summed E-state index contributed by atoms with van der Waals surface area (Å²) < 4.78 is 5.44. The van der Waals surface area contributed by atoms with Crippen LogP contribution < -0.4 is 4.90 Å². The van der Waals surface area contributed by atoms with Crippen LogP contribution in [0.4, 0.5) is 5.69 Å². The van der Waals surface area contributed by atoms with E-state index in [0.717, 1.165) is 69.2 Å². The number of morpholine rings is 1.